The minimum atomic E-state index is -3.89. The van der Waals surface area contributed by atoms with Crippen LogP contribution in [-0.2, 0) is 26.2 Å². The summed E-state index contributed by atoms with van der Waals surface area (Å²) < 4.78 is 26.3. The van der Waals surface area contributed by atoms with Gasteiger partial charge in [0.05, 0.1) is 11.9 Å². The quantitative estimate of drug-likeness (QED) is 0.418. The summed E-state index contributed by atoms with van der Waals surface area (Å²) >= 11 is 18.6. The third-order valence-electron chi connectivity index (χ3n) is 6.20. The van der Waals surface area contributed by atoms with E-state index in [-0.39, 0.29) is 34.2 Å². The van der Waals surface area contributed by atoms with Gasteiger partial charge in [-0.3, -0.25) is 13.9 Å². The van der Waals surface area contributed by atoms with Crippen LogP contribution in [0.1, 0.15) is 44.6 Å². The Kier molecular flexibility index (Phi) is 9.92. The Morgan fingerprint density at radius 3 is 2.22 bits per heavy atom. The van der Waals surface area contributed by atoms with Gasteiger partial charge in [0, 0.05) is 27.7 Å². The van der Waals surface area contributed by atoms with Crippen LogP contribution in [0.4, 0.5) is 5.69 Å². The fourth-order valence-electron chi connectivity index (χ4n) is 4.39. The first-order valence-electron chi connectivity index (χ1n) is 11.8. The molecule has 0 radical (unpaired) electrons. The van der Waals surface area contributed by atoms with E-state index < -0.39 is 28.5 Å². The van der Waals surface area contributed by atoms with Crippen molar-refractivity contribution in [2.24, 2.45) is 0 Å². The van der Waals surface area contributed by atoms with Gasteiger partial charge in [-0.05, 0) is 49.1 Å². The molecule has 7 nitrogen and oxygen atoms in total. The van der Waals surface area contributed by atoms with Crippen molar-refractivity contribution in [1.82, 2.24) is 10.2 Å². The van der Waals surface area contributed by atoms with Crippen molar-refractivity contribution < 1.29 is 18.0 Å². The van der Waals surface area contributed by atoms with Crippen LogP contribution in [-0.4, -0.2) is 50.0 Å². The molecule has 2 aromatic carbocycles. The van der Waals surface area contributed by atoms with Crippen LogP contribution in [0.5, 0.6) is 0 Å². The van der Waals surface area contributed by atoms with Crippen molar-refractivity contribution >= 4 is 62.3 Å². The number of benzene rings is 2. The van der Waals surface area contributed by atoms with Gasteiger partial charge >= 0.3 is 0 Å². The minimum absolute atomic E-state index is 0.0446. The highest BCUT2D eigenvalue weighted by atomic mass is 35.5. The van der Waals surface area contributed by atoms with Crippen LogP contribution in [0.2, 0.25) is 15.1 Å². The largest absolute Gasteiger partial charge is 0.352 e. The molecule has 3 rings (SSSR count). The van der Waals surface area contributed by atoms with Crippen LogP contribution in [0.25, 0.3) is 0 Å². The summed E-state index contributed by atoms with van der Waals surface area (Å²) in [6, 6.07) is 10.6. The van der Waals surface area contributed by atoms with E-state index in [4.69, 9.17) is 34.8 Å². The van der Waals surface area contributed by atoms with Gasteiger partial charge in [0.25, 0.3) is 0 Å². The zero-order valence-corrected chi connectivity index (χ0v) is 23.3. The summed E-state index contributed by atoms with van der Waals surface area (Å²) in [6.45, 7) is 1.33. The number of rotatable bonds is 10. The van der Waals surface area contributed by atoms with Gasteiger partial charge in [-0.15, -0.1) is 0 Å². The van der Waals surface area contributed by atoms with Gasteiger partial charge < -0.3 is 10.2 Å². The monoisotopic (exact) mass is 573 g/mol. The van der Waals surface area contributed by atoms with Crippen molar-refractivity contribution in [3.05, 3.63) is 63.1 Å². The Morgan fingerprint density at radius 2 is 1.67 bits per heavy atom. The number of halogens is 3. The lowest BCUT2D eigenvalue weighted by molar-refractivity contribution is -0.140. The number of carbonyl (C=O) groups excluding carboxylic acids is 2. The number of nitrogens with one attached hydrogen (secondary N) is 1. The molecule has 1 unspecified atom stereocenters. The summed E-state index contributed by atoms with van der Waals surface area (Å²) in [5.74, 6) is -0.814. The van der Waals surface area contributed by atoms with Crippen molar-refractivity contribution in [3.63, 3.8) is 0 Å². The molecule has 196 valence electrons. The maximum atomic E-state index is 13.7. The van der Waals surface area contributed by atoms with E-state index >= 15 is 0 Å². The Bertz CT molecular complexity index is 1180. The zero-order chi connectivity index (χ0) is 26.5. The lowest BCUT2D eigenvalue weighted by atomic mass is 10.1. The first-order chi connectivity index (χ1) is 17.0. The topological polar surface area (TPSA) is 86.8 Å². The van der Waals surface area contributed by atoms with Crippen molar-refractivity contribution in [1.29, 1.82) is 0 Å². The fourth-order valence-corrected chi connectivity index (χ4v) is 5.94. The van der Waals surface area contributed by atoms with Crippen LogP contribution >= 0.6 is 34.8 Å². The number of hydrogen-bond donors (Lipinski definition) is 1. The highest BCUT2D eigenvalue weighted by molar-refractivity contribution is 7.92. The molecule has 1 aliphatic rings. The predicted molar refractivity (Wildman–Crippen MR) is 145 cm³/mol. The second kappa shape index (κ2) is 12.5. The Balaban J connectivity index is 1.95. The smallest absolute Gasteiger partial charge is 0.244 e. The molecule has 0 aromatic heterocycles. The summed E-state index contributed by atoms with van der Waals surface area (Å²) in [6.07, 6.45) is 5.25. The number of sulfonamides is 1. The molecule has 0 saturated heterocycles. The molecule has 0 spiro atoms. The van der Waals surface area contributed by atoms with E-state index in [2.05, 4.69) is 5.32 Å². The van der Waals surface area contributed by atoms with Crippen molar-refractivity contribution in [3.8, 4) is 0 Å². The number of hydrogen-bond acceptors (Lipinski definition) is 4. The van der Waals surface area contributed by atoms with E-state index in [0.717, 1.165) is 36.2 Å². The molecule has 0 aliphatic heterocycles. The molecule has 1 atom stereocenters. The molecule has 1 aliphatic carbocycles. The average Bonchev–Trinajstić information content (AvgIpc) is 3.30. The Morgan fingerprint density at radius 1 is 1.06 bits per heavy atom. The van der Waals surface area contributed by atoms with Crippen LogP contribution < -0.4 is 9.62 Å². The van der Waals surface area contributed by atoms with Crippen LogP contribution in [0, 0.1) is 0 Å². The fraction of sp³-hybridized carbons (Fsp3) is 0.440. The molecule has 1 saturated carbocycles. The van der Waals surface area contributed by atoms with Crippen LogP contribution in [0.15, 0.2) is 42.5 Å². The first kappa shape index (κ1) is 28.6. The van der Waals surface area contributed by atoms with E-state index in [9.17, 15) is 18.0 Å². The number of amides is 2. The molecular formula is C25H30Cl3N3O4S. The van der Waals surface area contributed by atoms with Gasteiger partial charge in [0.1, 0.15) is 12.6 Å². The summed E-state index contributed by atoms with van der Waals surface area (Å²) in [5.41, 5.74) is 0.806. The van der Waals surface area contributed by atoms with Gasteiger partial charge in [-0.1, -0.05) is 72.8 Å². The van der Waals surface area contributed by atoms with Gasteiger partial charge in [0.15, 0.2) is 0 Å². The predicted octanol–water partition coefficient (Wildman–Crippen LogP) is 5.28. The number of nitrogens with zero attached hydrogens (tertiary/aromatic N) is 2. The highest BCUT2D eigenvalue weighted by Crippen LogP contribution is 2.28. The summed E-state index contributed by atoms with van der Waals surface area (Å²) in [5, 5.41) is 3.97. The molecule has 11 heteroatoms. The minimum Gasteiger partial charge on any atom is -0.352 e. The van der Waals surface area contributed by atoms with Gasteiger partial charge in [0.2, 0.25) is 21.8 Å². The second-order valence-electron chi connectivity index (χ2n) is 8.92. The molecule has 2 aromatic rings. The molecule has 0 bridgehead atoms. The third-order valence-corrected chi connectivity index (χ3v) is 8.15. The zero-order valence-electron chi connectivity index (χ0n) is 20.2. The maximum absolute atomic E-state index is 13.7. The SMILES string of the molecule is CCC(C(=O)NC1CCCC1)N(Cc1ccccc1Cl)C(=O)CN(c1cc(Cl)cc(Cl)c1)S(C)(=O)=O. The number of carbonyl (C=O) groups is 2. The maximum Gasteiger partial charge on any atom is 0.244 e. The molecule has 2 amide bonds. The molecule has 0 heterocycles. The lowest BCUT2D eigenvalue weighted by Gasteiger charge is -2.33. The van der Waals surface area contributed by atoms with Gasteiger partial charge in [-0.2, -0.15) is 0 Å². The summed E-state index contributed by atoms with van der Waals surface area (Å²) in [7, 11) is -3.89. The van der Waals surface area contributed by atoms with E-state index in [1.807, 2.05) is 6.92 Å². The standard InChI is InChI=1S/C25H30Cl3N3O4S/c1-3-23(25(33)29-20-9-5-6-10-20)30(15-17-8-4-7-11-22(17)28)24(32)16-31(36(2,34)35)21-13-18(26)12-19(27)14-21/h4,7-8,11-14,20,23H,3,5-6,9-10,15-16H2,1-2H3,(H,29,33). The van der Waals surface area contributed by atoms with Crippen molar-refractivity contribution in [2.75, 3.05) is 17.1 Å². The highest BCUT2D eigenvalue weighted by Gasteiger charge is 2.33. The van der Waals surface area contributed by atoms with Crippen LogP contribution in [0.3, 0.4) is 0 Å². The molecule has 36 heavy (non-hydrogen) atoms. The molecular weight excluding hydrogens is 545 g/mol. The normalized spacial score (nSPS) is 14.9. The average molecular weight is 575 g/mol. The third kappa shape index (κ3) is 7.51. The van der Waals surface area contributed by atoms with E-state index in [1.165, 1.54) is 23.1 Å². The van der Waals surface area contributed by atoms with Crippen molar-refractivity contribution in [2.45, 2.75) is 57.7 Å². The molecule has 1 N–H and O–H groups in total. The Labute approximate surface area is 227 Å². The molecule has 1 fully saturated rings. The van der Waals surface area contributed by atoms with E-state index in [1.54, 1.807) is 24.3 Å². The lowest BCUT2D eigenvalue weighted by Crippen LogP contribution is -2.53. The second-order valence-corrected chi connectivity index (χ2v) is 12.1. The summed E-state index contributed by atoms with van der Waals surface area (Å²) in [4.78, 5) is 28.4. The van der Waals surface area contributed by atoms with E-state index in [0.29, 0.717) is 17.0 Å². The Hall–Kier alpha value is -2.00. The number of anilines is 1. The first-order valence-corrected chi connectivity index (χ1v) is 14.7. The van der Waals surface area contributed by atoms with Gasteiger partial charge in [-0.25, -0.2) is 8.42 Å².